The summed E-state index contributed by atoms with van der Waals surface area (Å²) in [5.74, 6) is 0.145. The number of carbonyl (C=O) groups is 1. The number of aromatic nitrogens is 3. The van der Waals surface area contributed by atoms with E-state index in [2.05, 4.69) is 5.10 Å². The van der Waals surface area contributed by atoms with E-state index in [9.17, 15) is 9.59 Å². The predicted molar refractivity (Wildman–Crippen MR) is 97.3 cm³/mol. The molecule has 0 spiro atoms. The van der Waals surface area contributed by atoms with Gasteiger partial charge in [-0.25, -0.2) is 4.79 Å². The van der Waals surface area contributed by atoms with Crippen LogP contribution in [-0.2, 0) is 10.3 Å². The topological polar surface area (TPSA) is 75.3 Å². The lowest BCUT2D eigenvalue weighted by Crippen LogP contribution is -2.24. The zero-order valence-corrected chi connectivity index (χ0v) is 15.4. The summed E-state index contributed by atoms with van der Waals surface area (Å²) in [6.07, 6.45) is 3.39. The molecule has 0 aliphatic carbocycles. The zero-order valence-electron chi connectivity index (χ0n) is 15.4. The number of benzene rings is 1. The van der Waals surface area contributed by atoms with E-state index in [1.807, 2.05) is 25.3 Å². The van der Waals surface area contributed by atoms with Crippen LogP contribution in [0.3, 0.4) is 0 Å². The van der Waals surface area contributed by atoms with Gasteiger partial charge in [-0.15, -0.1) is 0 Å². The van der Waals surface area contributed by atoms with E-state index >= 15 is 0 Å². The molecular formula is C19H21N3O4. The van der Waals surface area contributed by atoms with Crippen molar-refractivity contribution in [2.24, 2.45) is 0 Å². The normalized spacial score (nSPS) is 11.6. The molecule has 0 fully saturated rings. The summed E-state index contributed by atoms with van der Waals surface area (Å²) in [7, 11) is 2.88. The summed E-state index contributed by atoms with van der Waals surface area (Å²) in [6, 6.07) is 6.97. The van der Waals surface area contributed by atoms with Crippen LogP contribution in [0.15, 0.2) is 41.5 Å². The van der Waals surface area contributed by atoms with Gasteiger partial charge in [0.2, 0.25) is 0 Å². The molecule has 1 aromatic rings. The first-order valence-electron chi connectivity index (χ1n) is 8.14. The number of esters is 1. The highest BCUT2D eigenvalue weighted by molar-refractivity contribution is 5.96. The van der Waals surface area contributed by atoms with Gasteiger partial charge in [-0.3, -0.25) is 4.79 Å². The van der Waals surface area contributed by atoms with Crippen molar-refractivity contribution in [1.82, 2.24) is 14.3 Å². The maximum atomic E-state index is 12.9. The standard InChI is InChI=1S/C19H21N3O4/c1-19(2,3)21-10-14-16(15(11-21)18(24)26-5)20-22(17(14)23)12-6-8-13(25-4)9-7-12/h6-11H,1-5H3. The Morgan fingerprint density at radius 2 is 1.73 bits per heavy atom. The van der Waals surface area contributed by atoms with Gasteiger partial charge < -0.3 is 14.0 Å². The van der Waals surface area contributed by atoms with Crippen LogP contribution in [-0.4, -0.2) is 34.5 Å². The summed E-state index contributed by atoms with van der Waals surface area (Å²) in [4.78, 5) is 25.2. The van der Waals surface area contributed by atoms with Crippen molar-refractivity contribution in [2.45, 2.75) is 26.3 Å². The molecule has 3 rings (SSSR count). The Labute approximate surface area is 151 Å². The largest absolute Gasteiger partial charge is 0.497 e. The fourth-order valence-electron chi connectivity index (χ4n) is 2.65. The van der Waals surface area contributed by atoms with Crippen molar-refractivity contribution in [1.29, 1.82) is 0 Å². The highest BCUT2D eigenvalue weighted by Crippen LogP contribution is 2.26. The fourth-order valence-corrected chi connectivity index (χ4v) is 2.65. The first-order valence-corrected chi connectivity index (χ1v) is 8.14. The predicted octanol–water partition coefficient (Wildman–Crippen LogP) is 2.69. The maximum Gasteiger partial charge on any atom is 0.341 e. The van der Waals surface area contributed by atoms with Gasteiger partial charge in [-0.05, 0) is 45.0 Å². The van der Waals surface area contributed by atoms with E-state index in [-0.39, 0.29) is 16.7 Å². The summed E-state index contributed by atoms with van der Waals surface area (Å²) in [5.41, 5.74) is 0.908. The Bertz CT molecular complexity index is 978. The van der Waals surface area contributed by atoms with Crippen molar-refractivity contribution in [3.8, 4) is 22.7 Å². The number of carbonyl (C=O) groups excluding carboxylic acids is 1. The number of pyridine rings is 1. The van der Waals surface area contributed by atoms with Crippen molar-refractivity contribution >= 4 is 5.97 Å². The molecule has 7 nitrogen and oxygen atoms in total. The number of hydrogen-bond acceptors (Lipinski definition) is 5. The zero-order chi connectivity index (χ0) is 19.1. The lowest BCUT2D eigenvalue weighted by Gasteiger charge is -2.24. The lowest BCUT2D eigenvalue weighted by atomic mass is 10.0. The van der Waals surface area contributed by atoms with Crippen LogP contribution in [0, 0.1) is 0 Å². The van der Waals surface area contributed by atoms with E-state index in [0.29, 0.717) is 22.7 Å². The number of fused-ring (bicyclic) bond motifs is 1. The molecule has 2 aliphatic rings. The Morgan fingerprint density at radius 1 is 1.08 bits per heavy atom. The average Bonchev–Trinajstić information content (AvgIpc) is 2.96. The Balaban J connectivity index is 2.27. The number of rotatable bonds is 3. The average molecular weight is 355 g/mol. The molecule has 0 bridgehead atoms. The second-order valence-corrected chi connectivity index (χ2v) is 6.92. The van der Waals surface area contributed by atoms with Crippen LogP contribution < -0.4 is 10.3 Å². The monoisotopic (exact) mass is 355 g/mol. The van der Waals surface area contributed by atoms with Crippen LogP contribution in [0.1, 0.15) is 31.1 Å². The van der Waals surface area contributed by atoms with Gasteiger partial charge in [0.25, 0.3) is 5.56 Å². The van der Waals surface area contributed by atoms with E-state index in [4.69, 9.17) is 9.47 Å². The maximum absolute atomic E-state index is 12.9. The first kappa shape index (κ1) is 17.7. The summed E-state index contributed by atoms with van der Waals surface area (Å²) >= 11 is 0. The SMILES string of the molecule is COC(=O)c1cn(C(C)(C)C)cc2c(=O)n(-c3ccc(OC)cc3)nc1-2. The quantitative estimate of drug-likeness (QED) is 0.675. The van der Waals surface area contributed by atoms with Gasteiger partial charge in [0.1, 0.15) is 17.0 Å². The van der Waals surface area contributed by atoms with Crippen LogP contribution in [0.5, 0.6) is 5.75 Å². The van der Waals surface area contributed by atoms with E-state index in [1.54, 1.807) is 43.8 Å². The summed E-state index contributed by atoms with van der Waals surface area (Å²) in [6.45, 7) is 5.95. The van der Waals surface area contributed by atoms with Crippen LogP contribution in [0.25, 0.3) is 16.9 Å². The van der Waals surface area contributed by atoms with Gasteiger partial charge in [0, 0.05) is 17.9 Å². The molecule has 2 heterocycles. The smallest absolute Gasteiger partial charge is 0.341 e. The van der Waals surface area contributed by atoms with E-state index in [0.717, 1.165) is 0 Å². The van der Waals surface area contributed by atoms with Gasteiger partial charge in [0.15, 0.2) is 0 Å². The number of nitrogens with zero attached hydrogens (tertiary/aromatic N) is 3. The Hall–Kier alpha value is -3.09. The van der Waals surface area contributed by atoms with Crippen LogP contribution in [0.2, 0.25) is 0 Å². The van der Waals surface area contributed by atoms with Gasteiger partial charge in [-0.1, -0.05) is 0 Å². The van der Waals surface area contributed by atoms with Gasteiger partial charge in [0.05, 0.1) is 25.5 Å². The molecule has 0 saturated carbocycles. The summed E-state index contributed by atoms with van der Waals surface area (Å²) < 4.78 is 13.1. The number of hydrogen-bond donors (Lipinski definition) is 0. The first-order chi connectivity index (χ1) is 12.3. The molecule has 2 aliphatic heterocycles. The van der Waals surface area contributed by atoms with Gasteiger partial charge >= 0.3 is 5.97 Å². The molecule has 0 radical (unpaired) electrons. The van der Waals surface area contributed by atoms with Crippen molar-refractivity contribution in [3.05, 3.63) is 52.6 Å². The molecule has 0 atom stereocenters. The number of ether oxygens (including phenoxy) is 2. The molecule has 7 heteroatoms. The van der Waals surface area contributed by atoms with Gasteiger partial charge in [-0.2, -0.15) is 9.78 Å². The van der Waals surface area contributed by atoms with Crippen LogP contribution >= 0.6 is 0 Å². The van der Waals surface area contributed by atoms with E-state index in [1.165, 1.54) is 11.8 Å². The molecule has 0 amide bonds. The highest BCUT2D eigenvalue weighted by Gasteiger charge is 2.27. The third-order valence-electron chi connectivity index (χ3n) is 4.17. The van der Waals surface area contributed by atoms with Crippen LogP contribution in [0.4, 0.5) is 0 Å². The minimum Gasteiger partial charge on any atom is -0.497 e. The second kappa shape index (κ2) is 6.33. The fraction of sp³-hybridized carbons (Fsp3) is 0.316. The van der Waals surface area contributed by atoms with Crippen molar-refractivity contribution in [2.75, 3.05) is 14.2 Å². The summed E-state index contributed by atoms with van der Waals surface area (Å²) in [5, 5.41) is 4.38. The van der Waals surface area contributed by atoms with E-state index < -0.39 is 5.97 Å². The third kappa shape index (κ3) is 2.96. The Kier molecular flexibility index (Phi) is 4.31. The minimum absolute atomic E-state index is 0.254. The molecular weight excluding hydrogens is 334 g/mol. The van der Waals surface area contributed by atoms with Crippen molar-refractivity contribution < 1.29 is 14.3 Å². The molecule has 0 unspecified atom stereocenters. The minimum atomic E-state index is -0.534. The molecule has 26 heavy (non-hydrogen) atoms. The second-order valence-electron chi connectivity index (χ2n) is 6.92. The third-order valence-corrected chi connectivity index (χ3v) is 4.17. The molecule has 0 aromatic heterocycles. The Morgan fingerprint density at radius 3 is 2.27 bits per heavy atom. The molecule has 0 saturated heterocycles. The molecule has 136 valence electrons. The molecule has 0 N–H and O–H groups in total. The lowest BCUT2D eigenvalue weighted by molar-refractivity contribution is 0.0600. The number of methoxy groups -OCH3 is 2. The van der Waals surface area contributed by atoms with Crippen molar-refractivity contribution in [3.63, 3.8) is 0 Å². The highest BCUT2D eigenvalue weighted by atomic mass is 16.5. The molecule has 1 aromatic carbocycles.